The van der Waals surface area contributed by atoms with Crippen molar-refractivity contribution in [2.24, 2.45) is 4.99 Å². The molecule has 0 saturated carbocycles. The molecule has 0 bridgehead atoms. The van der Waals surface area contributed by atoms with Crippen LogP contribution in [0, 0.1) is 0 Å². The van der Waals surface area contributed by atoms with Gasteiger partial charge in [-0.1, -0.05) is 11.8 Å². The maximum absolute atomic E-state index is 11.8. The molecule has 0 unspecified atom stereocenters. The fraction of sp³-hybridized carbons (Fsp3) is 0.308. The summed E-state index contributed by atoms with van der Waals surface area (Å²) in [7, 11) is 4.74. The third-order valence-corrected chi connectivity index (χ3v) is 2.92. The van der Waals surface area contributed by atoms with E-state index in [1.807, 2.05) is 0 Å². The maximum Gasteiger partial charge on any atom is 0.345 e. The average Bonchev–Trinajstić information content (AvgIpc) is 2.47. The molecular weight excluding hydrogens is 292 g/mol. The number of nitrogens with zero attached hydrogens (tertiary/aromatic N) is 2. The Kier molecular flexibility index (Phi) is 6.54. The van der Waals surface area contributed by atoms with Gasteiger partial charge in [-0.3, -0.25) is 5.32 Å². The van der Waals surface area contributed by atoms with Gasteiger partial charge in [-0.05, 0) is 30.5 Å². The zero-order valence-electron chi connectivity index (χ0n) is 12.3. The van der Waals surface area contributed by atoms with Crippen LogP contribution in [0.4, 0.5) is 15.3 Å². The topological polar surface area (TPSA) is 83.0 Å². The first-order valence-electron chi connectivity index (χ1n) is 6.02. The van der Waals surface area contributed by atoms with Crippen LogP contribution in [0.25, 0.3) is 0 Å². The molecule has 0 heterocycles. The normalized spacial score (nSPS) is 10.8. The lowest BCUT2D eigenvalue weighted by atomic mass is 10.3. The highest BCUT2D eigenvalue weighted by atomic mass is 32.2. The minimum absolute atomic E-state index is 0.222. The van der Waals surface area contributed by atoms with Gasteiger partial charge in [-0.25, -0.2) is 9.59 Å². The fourth-order valence-electron chi connectivity index (χ4n) is 1.25. The molecular formula is C13H18N4O3S. The van der Waals surface area contributed by atoms with Crippen molar-refractivity contribution in [2.45, 2.75) is 0 Å². The number of nitrogens with one attached hydrogen (secondary N) is 2. The number of carbonyl (C=O) groups is 2. The highest BCUT2D eigenvalue weighted by Crippen LogP contribution is 2.14. The van der Waals surface area contributed by atoms with E-state index in [0.717, 1.165) is 0 Å². The molecule has 8 heteroatoms. The number of thioether (sulfide) groups is 1. The number of methoxy groups -OCH3 is 1. The molecule has 0 aliphatic heterocycles. The second-order valence-corrected chi connectivity index (χ2v) is 4.90. The van der Waals surface area contributed by atoms with Crippen molar-refractivity contribution in [3.8, 4) is 5.75 Å². The van der Waals surface area contributed by atoms with Crippen molar-refractivity contribution in [3.05, 3.63) is 24.3 Å². The van der Waals surface area contributed by atoms with Crippen molar-refractivity contribution < 1.29 is 14.3 Å². The summed E-state index contributed by atoms with van der Waals surface area (Å²) in [6, 6.07) is 5.96. The Labute approximate surface area is 127 Å². The molecule has 21 heavy (non-hydrogen) atoms. The second-order valence-electron chi connectivity index (χ2n) is 4.11. The Morgan fingerprint density at radius 3 is 2.33 bits per heavy atom. The maximum atomic E-state index is 11.8. The standard InChI is InChI=1S/C13H18N4O3S/c1-17(2)13(19)16-12(21-4)15-11(18)14-9-5-7-10(20-3)8-6-9/h5-8H,1-4H3,(H2,14,15,16,18,19). The van der Waals surface area contributed by atoms with Crippen LogP contribution in [-0.2, 0) is 0 Å². The minimum Gasteiger partial charge on any atom is -0.497 e. The summed E-state index contributed by atoms with van der Waals surface area (Å²) in [5, 5.41) is 5.37. The monoisotopic (exact) mass is 310 g/mol. The summed E-state index contributed by atoms with van der Waals surface area (Å²) in [6.07, 6.45) is 1.72. The number of aliphatic imine (C=N–C) groups is 1. The Morgan fingerprint density at radius 2 is 1.86 bits per heavy atom. The first-order valence-corrected chi connectivity index (χ1v) is 7.24. The third kappa shape index (κ3) is 5.74. The number of ether oxygens (including phenoxy) is 1. The number of urea groups is 2. The predicted octanol–water partition coefficient (Wildman–Crippen LogP) is 2.22. The fourth-order valence-corrected chi connectivity index (χ4v) is 1.61. The number of amides is 4. The Hall–Kier alpha value is -2.22. The molecule has 0 aromatic heterocycles. The van der Waals surface area contributed by atoms with E-state index in [4.69, 9.17) is 4.74 Å². The van der Waals surface area contributed by atoms with Gasteiger partial charge in [0.2, 0.25) is 0 Å². The summed E-state index contributed by atoms with van der Waals surface area (Å²) in [6.45, 7) is 0. The van der Waals surface area contributed by atoms with Crippen LogP contribution in [0.2, 0.25) is 0 Å². The predicted molar refractivity (Wildman–Crippen MR) is 85.2 cm³/mol. The Morgan fingerprint density at radius 1 is 1.24 bits per heavy atom. The quantitative estimate of drug-likeness (QED) is 0.648. The zero-order valence-corrected chi connectivity index (χ0v) is 13.2. The Bertz CT molecular complexity index is 529. The number of rotatable bonds is 2. The van der Waals surface area contributed by atoms with E-state index in [1.165, 1.54) is 16.7 Å². The number of hydrogen-bond donors (Lipinski definition) is 2. The van der Waals surface area contributed by atoms with Gasteiger partial charge >= 0.3 is 12.1 Å². The van der Waals surface area contributed by atoms with Gasteiger partial charge in [0.25, 0.3) is 0 Å². The van der Waals surface area contributed by atoms with Gasteiger partial charge in [0.05, 0.1) is 7.11 Å². The Balaban J connectivity index is 2.64. The first-order chi connectivity index (χ1) is 9.96. The third-order valence-electron chi connectivity index (χ3n) is 2.34. The van der Waals surface area contributed by atoms with Gasteiger partial charge in [0, 0.05) is 19.8 Å². The lowest BCUT2D eigenvalue weighted by Gasteiger charge is -2.10. The largest absolute Gasteiger partial charge is 0.497 e. The van der Waals surface area contributed by atoms with E-state index in [-0.39, 0.29) is 5.17 Å². The van der Waals surface area contributed by atoms with E-state index in [9.17, 15) is 9.59 Å². The lowest BCUT2D eigenvalue weighted by molar-refractivity contribution is 0.227. The van der Waals surface area contributed by atoms with Crippen LogP contribution in [0.5, 0.6) is 5.75 Å². The van der Waals surface area contributed by atoms with Crippen LogP contribution in [-0.4, -0.2) is 49.6 Å². The molecule has 0 radical (unpaired) electrons. The molecule has 114 valence electrons. The molecule has 0 aliphatic carbocycles. The molecule has 1 aromatic carbocycles. The molecule has 0 atom stereocenters. The molecule has 0 spiro atoms. The van der Waals surface area contributed by atoms with Gasteiger partial charge in [-0.2, -0.15) is 4.99 Å². The van der Waals surface area contributed by atoms with Crippen molar-refractivity contribution in [2.75, 3.05) is 32.8 Å². The molecule has 4 amide bonds. The van der Waals surface area contributed by atoms with Crippen molar-refractivity contribution in [1.29, 1.82) is 0 Å². The number of carbonyl (C=O) groups excluding carboxylic acids is 2. The summed E-state index contributed by atoms with van der Waals surface area (Å²) >= 11 is 1.17. The number of anilines is 1. The van der Waals surface area contributed by atoms with E-state index in [1.54, 1.807) is 51.7 Å². The highest BCUT2D eigenvalue weighted by Gasteiger charge is 2.09. The second kappa shape index (κ2) is 8.15. The van der Waals surface area contributed by atoms with Crippen molar-refractivity contribution in [3.63, 3.8) is 0 Å². The zero-order chi connectivity index (χ0) is 15.8. The molecule has 0 saturated heterocycles. The van der Waals surface area contributed by atoms with Gasteiger partial charge in [0.1, 0.15) is 5.75 Å². The van der Waals surface area contributed by atoms with Gasteiger partial charge in [-0.15, -0.1) is 0 Å². The van der Waals surface area contributed by atoms with Gasteiger partial charge < -0.3 is 15.0 Å². The summed E-state index contributed by atoms with van der Waals surface area (Å²) < 4.78 is 5.03. The van der Waals surface area contributed by atoms with E-state index in [0.29, 0.717) is 11.4 Å². The lowest BCUT2D eigenvalue weighted by Crippen LogP contribution is -2.34. The van der Waals surface area contributed by atoms with E-state index >= 15 is 0 Å². The van der Waals surface area contributed by atoms with Crippen LogP contribution in [0.15, 0.2) is 29.3 Å². The molecule has 1 rings (SSSR count). The first kappa shape index (κ1) is 16.8. The van der Waals surface area contributed by atoms with Crippen molar-refractivity contribution >= 4 is 34.7 Å². The molecule has 1 aromatic rings. The average molecular weight is 310 g/mol. The van der Waals surface area contributed by atoms with Crippen LogP contribution in [0.3, 0.4) is 0 Å². The van der Waals surface area contributed by atoms with Crippen LogP contribution in [0.1, 0.15) is 0 Å². The number of hydrogen-bond acceptors (Lipinski definition) is 4. The van der Waals surface area contributed by atoms with E-state index < -0.39 is 12.1 Å². The van der Waals surface area contributed by atoms with Gasteiger partial charge in [0.15, 0.2) is 5.17 Å². The highest BCUT2D eigenvalue weighted by molar-refractivity contribution is 8.13. The summed E-state index contributed by atoms with van der Waals surface area (Å²) in [5.41, 5.74) is 0.604. The molecule has 0 aliphatic rings. The minimum atomic E-state index is -0.472. The van der Waals surface area contributed by atoms with Crippen molar-refractivity contribution in [1.82, 2.24) is 10.2 Å². The number of amidine groups is 1. The smallest absolute Gasteiger partial charge is 0.345 e. The van der Waals surface area contributed by atoms with Crippen LogP contribution < -0.4 is 15.4 Å². The molecule has 0 fully saturated rings. The summed E-state index contributed by atoms with van der Waals surface area (Å²) in [5.74, 6) is 0.698. The van der Waals surface area contributed by atoms with Crippen LogP contribution >= 0.6 is 11.8 Å². The summed E-state index contributed by atoms with van der Waals surface area (Å²) in [4.78, 5) is 28.4. The SMILES string of the molecule is COc1ccc(NC(=O)NC(=NC(=O)N(C)C)SC)cc1. The molecule has 2 N–H and O–H groups in total. The number of benzene rings is 1. The van der Waals surface area contributed by atoms with E-state index in [2.05, 4.69) is 15.6 Å². The molecule has 7 nitrogen and oxygen atoms in total.